The third-order valence-corrected chi connectivity index (χ3v) is 7.51. The molecule has 1 aromatic heterocycles. The molecule has 2 N–H and O–H groups in total. The Morgan fingerprint density at radius 2 is 1.67 bits per heavy atom. The molecule has 0 radical (unpaired) electrons. The molecule has 0 saturated carbocycles. The van der Waals surface area contributed by atoms with Crippen molar-refractivity contribution in [2.24, 2.45) is 0 Å². The normalized spacial score (nSPS) is 10.9. The van der Waals surface area contributed by atoms with Crippen molar-refractivity contribution in [1.29, 1.82) is 0 Å². The lowest BCUT2D eigenvalue weighted by atomic mass is 10.0. The molecule has 1 heterocycles. The highest BCUT2D eigenvalue weighted by Gasteiger charge is 2.13. The van der Waals surface area contributed by atoms with E-state index in [9.17, 15) is 19.7 Å². The first-order valence-corrected chi connectivity index (χ1v) is 12.6. The quantitative estimate of drug-likeness (QED) is 0.149. The molecule has 0 aliphatic rings. The van der Waals surface area contributed by atoms with Gasteiger partial charge in [0.25, 0.3) is 11.6 Å². The summed E-state index contributed by atoms with van der Waals surface area (Å²) in [5.41, 5.74) is 2.50. The Morgan fingerprint density at radius 1 is 0.917 bits per heavy atom. The zero-order chi connectivity index (χ0) is 25.1. The van der Waals surface area contributed by atoms with Crippen LogP contribution in [0.1, 0.15) is 10.4 Å². The number of carbonyl (C=O) groups excluding carboxylic acids is 2. The van der Waals surface area contributed by atoms with Crippen LogP contribution in [0, 0.1) is 10.1 Å². The van der Waals surface area contributed by atoms with Crippen LogP contribution >= 0.6 is 23.1 Å². The lowest BCUT2D eigenvalue weighted by Gasteiger charge is -2.08. The van der Waals surface area contributed by atoms with Crippen LogP contribution in [-0.2, 0) is 4.79 Å². The monoisotopic (exact) mass is 514 g/mol. The lowest BCUT2D eigenvalue weighted by Crippen LogP contribution is -2.13. The van der Waals surface area contributed by atoms with Gasteiger partial charge in [-0.2, -0.15) is 0 Å². The van der Waals surface area contributed by atoms with Crippen molar-refractivity contribution in [1.82, 2.24) is 4.98 Å². The van der Waals surface area contributed by atoms with Gasteiger partial charge in [0.15, 0.2) is 4.34 Å². The van der Waals surface area contributed by atoms with E-state index in [1.165, 1.54) is 47.4 Å². The van der Waals surface area contributed by atoms with E-state index in [0.29, 0.717) is 16.9 Å². The van der Waals surface area contributed by atoms with Gasteiger partial charge in [-0.3, -0.25) is 19.7 Å². The van der Waals surface area contributed by atoms with Gasteiger partial charge in [0.1, 0.15) is 0 Å². The smallest absolute Gasteiger partial charge is 0.269 e. The summed E-state index contributed by atoms with van der Waals surface area (Å²) in [6, 6.07) is 24.6. The number of thioether (sulfide) groups is 1. The predicted octanol–water partition coefficient (Wildman–Crippen LogP) is 6.34. The molecule has 0 bridgehead atoms. The maximum atomic E-state index is 12.9. The van der Waals surface area contributed by atoms with Crippen LogP contribution in [0.4, 0.5) is 17.1 Å². The molecule has 8 nitrogen and oxygen atoms in total. The number of anilines is 2. The minimum Gasteiger partial charge on any atom is -0.325 e. The van der Waals surface area contributed by atoms with Gasteiger partial charge in [-0.25, -0.2) is 4.98 Å². The Balaban J connectivity index is 1.23. The topological polar surface area (TPSA) is 114 Å². The van der Waals surface area contributed by atoms with Crippen LogP contribution in [0.25, 0.3) is 21.0 Å². The summed E-state index contributed by atoms with van der Waals surface area (Å²) >= 11 is 2.74. The number of benzene rings is 4. The van der Waals surface area contributed by atoms with Gasteiger partial charge in [0, 0.05) is 29.1 Å². The fourth-order valence-electron chi connectivity index (χ4n) is 3.66. The number of fused-ring (bicyclic) bond motifs is 2. The summed E-state index contributed by atoms with van der Waals surface area (Å²) in [5, 5.41) is 18.3. The number of hydrogen-bond donors (Lipinski definition) is 2. The first kappa shape index (κ1) is 23.5. The maximum absolute atomic E-state index is 12.9. The average Bonchev–Trinajstić information content (AvgIpc) is 3.29. The van der Waals surface area contributed by atoms with Crippen LogP contribution in [-0.4, -0.2) is 27.5 Å². The minimum absolute atomic E-state index is 0.0375. The second kappa shape index (κ2) is 10.1. The number of nitro groups is 1. The van der Waals surface area contributed by atoms with E-state index in [2.05, 4.69) is 15.6 Å². The number of carbonyl (C=O) groups is 2. The van der Waals surface area contributed by atoms with E-state index in [1.807, 2.05) is 48.5 Å². The SMILES string of the molecule is O=C(CSc1nc2ccc(NC(=O)c3cccc4ccccc34)cc2s1)Nc1ccc([N+](=O)[O-])cc1. The van der Waals surface area contributed by atoms with Gasteiger partial charge in [-0.15, -0.1) is 11.3 Å². The maximum Gasteiger partial charge on any atom is 0.269 e. The zero-order valence-corrected chi connectivity index (χ0v) is 20.3. The summed E-state index contributed by atoms with van der Waals surface area (Å²) in [6.07, 6.45) is 0. The van der Waals surface area contributed by atoms with Gasteiger partial charge in [0.2, 0.25) is 5.91 Å². The Morgan fingerprint density at radius 3 is 2.47 bits per heavy atom. The van der Waals surface area contributed by atoms with Crippen LogP contribution in [0.3, 0.4) is 0 Å². The van der Waals surface area contributed by atoms with Crippen LogP contribution < -0.4 is 10.6 Å². The molecule has 5 rings (SSSR count). The summed E-state index contributed by atoms with van der Waals surface area (Å²) in [5.74, 6) is -0.286. The highest BCUT2D eigenvalue weighted by atomic mass is 32.2. The van der Waals surface area contributed by atoms with Crippen molar-refractivity contribution in [3.8, 4) is 0 Å². The molecule has 0 unspecified atom stereocenters. The molecule has 0 atom stereocenters. The van der Waals surface area contributed by atoms with Crippen molar-refractivity contribution < 1.29 is 14.5 Å². The van der Waals surface area contributed by atoms with Crippen molar-refractivity contribution in [2.45, 2.75) is 4.34 Å². The van der Waals surface area contributed by atoms with E-state index in [-0.39, 0.29) is 23.3 Å². The molecule has 5 aromatic rings. The highest BCUT2D eigenvalue weighted by Crippen LogP contribution is 2.32. The van der Waals surface area contributed by atoms with Gasteiger partial charge >= 0.3 is 0 Å². The molecular weight excluding hydrogens is 496 g/mol. The van der Waals surface area contributed by atoms with E-state index in [1.54, 1.807) is 12.1 Å². The zero-order valence-electron chi connectivity index (χ0n) is 18.6. The van der Waals surface area contributed by atoms with Gasteiger partial charge in [-0.1, -0.05) is 48.2 Å². The number of hydrogen-bond acceptors (Lipinski definition) is 7. The van der Waals surface area contributed by atoms with E-state index >= 15 is 0 Å². The Labute approximate surface area is 213 Å². The Kier molecular flexibility index (Phi) is 6.61. The van der Waals surface area contributed by atoms with Gasteiger partial charge in [0.05, 0.1) is 20.9 Å². The number of non-ortho nitro benzene ring substituents is 1. The molecule has 10 heteroatoms. The summed E-state index contributed by atoms with van der Waals surface area (Å²) in [6.45, 7) is 0. The highest BCUT2D eigenvalue weighted by molar-refractivity contribution is 8.01. The molecule has 0 saturated heterocycles. The first-order valence-electron chi connectivity index (χ1n) is 10.8. The van der Waals surface area contributed by atoms with Crippen molar-refractivity contribution in [2.75, 3.05) is 16.4 Å². The molecule has 0 aliphatic heterocycles. The minimum atomic E-state index is -0.491. The number of nitrogens with one attached hydrogen (secondary N) is 2. The van der Waals surface area contributed by atoms with E-state index in [0.717, 1.165) is 25.3 Å². The standard InChI is InChI=1S/C26H18N4O4S2/c31-24(27-17-8-11-19(12-9-17)30(33)34)15-35-26-29-22-13-10-18(14-23(22)36-26)28-25(32)21-7-3-5-16-4-1-2-6-20(16)21/h1-14H,15H2,(H,27,31)(H,28,32). The second-order valence-electron chi connectivity index (χ2n) is 7.78. The fourth-order valence-corrected chi connectivity index (χ4v) is 5.56. The van der Waals surface area contributed by atoms with Crippen molar-refractivity contribution >= 4 is 73.0 Å². The molecule has 0 fully saturated rings. The van der Waals surface area contributed by atoms with Crippen LogP contribution in [0.2, 0.25) is 0 Å². The fraction of sp³-hybridized carbons (Fsp3) is 0.0385. The van der Waals surface area contributed by atoms with Crippen LogP contribution in [0.5, 0.6) is 0 Å². The summed E-state index contributed by atoms with van der Waals surface area (Å²) in [4.78, 5) is 40.0. The third-order valence-electron chi connectivity index (χ3n) is 5.35. The molecule has 0 spiro atoms. The summed E-state index contributed by atoms with van der Waals surface area (Å²) < 4.78 is 1.62. The first-order chi connectivity index (χ1) is 17.5. The predicted molar refractivity (Wildman–Crippen MR) is 144 cm³/mol. The van der Waals surface area contributed by atoms with Gasteiger partial charge < -0.3 is 10.6 Å². The molecule has 36 heavy (non-hydrogen) atoms. The third kappa shape index (κ3) is 5.19. The van der Waals surface area contributed by atoms with Crippen LogP contribution in [0.15, 0.2) is 89.3 Å². The molecule has 4 aromatic carbocycles. The Bertz CT molecular complexity index is 1610. The number of amides is 2. The van der Waals surface area contributed by atoms with Crippen molar-refractivity contribution in [3.63, 3.8) is 0 Å². The number of thiazole rings is 1. The van der Waals surface area contributed by atoms with Crippen molar-refractivity contribution in [3.05, 3.63) is 101 Å². The number of nitro benzene ring substituents is 1. The molecular formula is C26H18N4O4S2. The largest absolute Gasteiger partial charge is 0.325 e. The molecule has 178 valence electrons. The van der Waals surface area contributed by atoms with E-state index in [4.69, 9.17) is 0 Å². The second-order valence-corrected chi connectivity index (χ2v) is 10.0. The Hall–Kier alpha value is -4.28. The number of rotatable bonds is 7. The lowest BCUT2D eigenvalue weighted by molar-refractivity contribution is -0.384. The van der Waals surface area contributed by atoms with E-state index < -0.39 is 4.92 Å². The average molecular weight is 515 g/mol. The molecule has 0 aliphatic carbocycles. The number of aromatic nitrogens is 1. The number of nitrogens with zero attached hydrogens (tertiary/aromatic N) is 2. The van der Waals surface area contributed by atoms with Gasteiger partial charge in [-0.05, 0) is 47.2 Å². The summed E-state index contributed by atoms with van der Waals surface area (Å²) in [7, 11) is 0. The molecule has 2 amide bonds.